The highest BCUT2D eigenvalue weighted by Gasteiger charge is 2.25. The van der Waals surface area contributed by atoms with Crippen LogP contribution in [0, 0.1) is 0 Å². The van der Waals surface area contributed by atoms with Crippen molar-refractivity contribution in [3.8, 4) is 0 Å². The third-order valence-corrected chi connectivity index (χ3v) is 3.32. The molecule has 1 aromatic heterocycles. The van der Waals surface area contributed by atoms with Crippen LogP contribution in [0.5, 0.6) is 0 Å². The summed E-state index contributed by atoms with van der Waals surface area (Å²) in [6.45, 7) is 0. The Labute approximate surface area is 86.1 Å². The van der Waals surface area contributed by atoms with E-state index in [1.807, 2.05) is 6.07 Å². The first-order valence-corrected chi connectivity index (χ1v) is 5.47. The zero-order valence-corrected chi connectivity index (χ0v) is 8.96. The van der Waals surface area contributed by atoms with Crippen LogP contribution < -0.4 is 0 Å². The molecule has 1 aliphatic rings. The summed E-state index contributed by atoms with van der Waals surface area (Å²) in [5.74, 6) is 1.40. The lowest BCUT2D eigenvalue weighted by Crippen LogP contribution is -2.17. The van der Waals surface area contributed by atoms with E-state index in [-0.39, 0.29) is 6.10 Å². The van der Waals surface area contributed by atoms with Gasteiger partial charge in [0.05, 0.1) is 16.8 Å². The van der Waals surface area contributed by atoms with E-state index in [0.29, 0.717) is 5.92 Å². The van der Waals surface area contributed by atoms with Gasteiger partial charge in [-0.1, -0.05) is 6.42 Å². The van der Waals surface area contributed by atoms with Crippen LogP contribution in [0.15, 0.2) is 21.2 Å². The molecule has 2 unspecified atom stereocenters. The molecule has 1 saturated carbocycles. The van der Waals surface area contributed by atoms with Gasteiger partial charge in [-0.05, 0) is 41.3 Å². The predicted octanol–water partition coefficient (Wildman–Crippen LogP) is 3.06. The smallest absolute Gasteiger partial charge is 0.121 e. The van der Waals surface area contributed by atoms with Crippen LogP contribution in [-0.4, -0.2) is 11.2 Å². The molecule has 0 saturated heterocycles. The Balaban J connectivity index is 2.12. The van der Waals surface area contributed by atoms with Gasteiger partial charge in [0.1, 0.15) is 5.76 Å². The number of aliphatic hydroxyl groups is 1. The monoisotopic (exact) mass is 244 g/mol. The van der Waals surface area contributed by atoms with Crippen LogP contribution in [0.4, 0.5) is 0 Å². The summed E-state index contributed by atoms with van der Waals surface area (Å²) < 4.78 is 6.43. The first kappa shape index (κ1) is 9.28. The number of hydrogen-bond acceptors (Lipinski definition) is 2. The van der Waals surface area contributed by atoms with Gasteiger partial charge < -0.3 is 9.52 Å². The standard InChI is InChI=1S/C10H13BrO2/c11-9-4-5-13-10(9)7-2-1-3-8(12)6-7/h4-5,7-8,12H,1-3,6H2. The van der Waals surface area contributed by atoms with Gasteiger partial charge in [0.15, 0.2) is 0 Å². The number of halogens is 1. The molecule has 0 bridgehead atoms. The van der Waals surface area contributed by atoms with Gasteiger partial charge in [0.25, 0.3) is 0 Å². The van der Waals surface area contributed by atoms with Crippen molar-refractivity contribution in [3.63, 3.8) is 0 Å². The second kappa shape index (κ2) is 3.84. The zero-order valence-electron chi connectivity index (χ0n) is 7.37. The van der Waals surface area contributed by atoms with Crippen LogP contribution in [-0.2, 0) is 0 Å². The van der Waals surface area contributed by atoms with Crippen molar-refractivity contribution in [2.45, 2.75) is 37.7 Å². The molecule has 2 rings (SSSR count). The van der Waals surface area contributed by atoms with Gasteiger partial charge in [-0.25, -0.2) is 0 Å². The zero-order chi connectivity index (χ0) is 9.26. The van der Waals surface area contributed by atoms with Crippen molar-refractivity contribution in [1.29, 1.82) is 0 Å². The summed E-state index contributed by atoms with van der Waals surface area (Å²) in [6, 6.07) is 1.91. The summed E-state index contributed by atoms with van der Waals surface area (Å²) in [5.41, 5.74) is 0. The third-order valence-electron chi connectivity index (χ3n) is 2.66. The number of aliphatic hydroxyl groups excluding tert-OH is 1. The molecule has 2 nitrogen and oxygen atoms in total. The first-order chi connectivity index (χ1) is 6.27. The highest BCUT2D eigenvalue weighted by molar-refractivity contribution is 9.10. The van der Waals surface area contributed by atoms with Crippen molar-refractivity contribution in [2.24, 2.45) is 0 Å². The van der Waals surface area contributed by atoms with E-state index in [9.17, 15) is 5.11 Å². The maximum absolute atomic E-state index is 9.51. The Bertz CT molecular complexity index is 282. The third kappa shape index (κ3) is 1.97. The van der Waals surface area contributed by atoms with Crippen molar-refractivity contribution < 1.29 is 9.52 Å². The fourth-order valence-electron chi connectivity index (χ4n) is 2.00. The second-order valence-electron chi connectivity index (χ2n) is 3.65. The van der Waals surface area contributed by atoms with E-state index in [0.717, 1.165) is 35.9 Å². The number of hydrogen-bond donors (Lipinski definition) is 1. The second-order valence-corrected chi connectivity index (χ2v) is 4.50. The summed E-state index contributed by atoms with van der Waals surface area (Å²) in [7, 11) is 0. The van der Waals surface area contributed by atoms with Crippen molar-refractivity contribution in [1.82, 2.24) is 0 Å². The number of rotatable bonds is 1. The molecule has 1 aliphatic carbocycles. The minimum absolute atomic E-state index is 0.143. The quantitative estimate of drug-likeness (QED) is 0.824. The van der Waals surface area contributed by atoms with Crippen LogP contribution in [0.25, 0.3) is 0 Å². The molecule has 3 heteroatoms. The molecule has 13 heavy (non-hydrogen) atoms. The summed E-state index contributed by atoms with van der Waals surface area (Å²) in [6.07, 6.45) is 5.56. The van der Waals surface area contributed by atoms with E-state index >= 15 is 0 Å². The van der Waals surface area contributed by atoms with E-state index in [4.69, 9.17) is 4.42 Å². The fraction of sp³-hybridized carbons (Fsp3) is 0.600. The van der Waals surface area contributed by atoms with Crippen LogP contribution in [0.2, 0.25) is 0 Å². The molecular weight excluding hydrogens is 232 g/mol. The summed E-state index contributed by atoms with van der Waals surface area (Å²) in [5, 5.41) is 9.51. The molecule has 0 aliphatic heterocycles. The molecule has 1 aromatic rings. The van der Waals surface area contributed by atoms with Gasteiger partial charge in [-0.15, -0.1) is 0 Å². The molecular formula is C10H13BrO2. The summed E-state index contributed by atoms with van der Waals surface area (Å²) >= 11 is 3.45. The van der Waals surface area contributed by atoms with Crippen molar-refractivity contribution in [3.05, 3.63) is 22.6 Å². The van der Waals surface area contributed by atoms with Gasteiger partial charge in [0, 0.05) is 5.92 Å². The maximum Gasteiger partial charge on any atom is 0.121 e. The largest absolute Gasteiger partial charge is 0.468 e. The summed E-state index contributed by atoms with van der Waals surface area (Å²) in [4.78, 5) is 0. The highest BCUT2D eigenvalue weighted by Crippen LogP contribution is 2.36. The molecule has 0 spiro atoms. The maximum atomic E-state index is 9.51. The Morgan fingerprint density at radius 1 is 1.46 bits per heavy atom. The minimum Gasteiger partial charge on any atom is -0.468 e. The predicted molar refractivity (Wildman–Crippen MR) is 53.6 cm³/mol. The first-order valence-electron chi connectivity index (χ1n) is 4.68. The van der Waals surface area contributed by atoms with Crippen LogP contribution in [0.1, 0.15) is 37.4 Å². The Hall–Kier alpha value is -0.280. The molecule has 1 fully saturated rings. The lowest BCUT2D eigenvalue weighted by atomic mass is 9.86. The van der Waals surface area contributed by atoms with E-state index < -0.39 is 0 Å². The number of furan rings is 1. The van der Waals surface area contributed by atoms with E-state index in [1.165, 1.54) is 0 Å². The van der Waals surface area contributed by atoms with Gasteiger partial charge in [0.2, 0.25) is 0 Å². The van der Waals surface area contributed by atoms with Gasteiger partial charge >= 0.3 is 0 Å². The normalized spacial score (nSPS) is 29.1. The fourth-order valence-corrected chi connectivity index (χ4v) is 2.52. The Kier molecular flexibility index (Phi) is 2.74. The Morgan fingerprint density at radius 2 is 2.31 bits per heavy atom. The van der Waals surface area contributed by atoms with Crippen molar-refractivity contribution in [2.75, 3.05) is 0 Å². The molecule has 0 amide bonds. The minimum atomic E-state index is -0.143. The lowest BCUT2D eigenvalue weighted by molar-refractivity contribution is 0.114. The SMILES string of the molecule is OC1CCCC(c2occc2Br)C1. The molecule has 1 heterocycles. The molecule has 0 aromatic carbocycles. The van der Waals surface area contributed by atoms with Crippen LogP contribution in [0.3, 0.4) is 0 Å². The topological polar surface area (TPSA) is 33.4 Å². The molecule has 2 atom stereocenters. The van der Waals surface area contributed by atoms with Gasteiger partial charge in [-0.2, -0.15) is 0 Å². The molecule has 1 N–H and O–H groups in total. The van der Waals surface area contributed by atoms with Crippen molar-refractivity contribution >= 4 is 15.9 Å². The highest BCUT2D eigenvalue weighted by atomic mass is 79.9. The Morgan fingerprint density at radius 3 is 2.92 bits per heavy atom. The van der Waals surface area contributed by atoms with Gasteiger partial charge in [-0.3, -0.25) is 0 Å². The molecule has 72 valence electrons. The van der Waals surface area contributed by atoms with E-state index in [2.05, 4.69) is 15.9 Å². The van der Waals surface area contributed by atoms with Crippen LogP contribution >= 0.6 is 15.9 Å². The van der Waals surface area contributed by atoms with E-state index in [1.54, 1.807) is 6.26 Å². The lowest BCUT2D eigenvalue weighted by Gasteiger charge is -2.24. The molecule has 0 radical (unpaired) electrons. The average molecular weight is 245 g/mol. The average Bonchev–Trinajstić information content (AvgIpc) is 2.51.